The zero-order valence-corrected chi connectivity index (χ0v) is 7.29. The van der Waals surface area contributed by atoms with Gasteiger partial charge in [0.1, 0.15) is 5.75 Å². The van der Waals surface area contributed by atoms with Gasteiger partial charge in [-0.05, 0) is 18.6 Å². The lowest BCUT2D eigenvalue weighted by Crippen LogP contribution is -2.17. The van der Waals surface area contributed by atoms with Crippen LogP contribution in [0.3, 0.4) is 0 Å². The summed E-state index contributed by atoms with van der Waals surface area (Å²) >= 11 is 0. The van der Waals surface area contributed by atoms with Crippen molar-refractivity contribution in [1.29, 1.82) is 0 Å². The first kappa shape index (κ1) is 7.47. The summed E-state index contributed by atoms with van der Waals surface area (Å²) in [7, 11) is 2.10. The van der Waals surface area contributed by atoms with Crippen LogP contribution >= 0.6 is 0 Å². The molecule has 2 rings (SSSR count). The van der Waals surface area contributed by atoms with Crippen LogP contribution in [0.1, 0.15) is 6.42 Å². The van der Waals surface area contributed by atoms with Crippen LogP contribution in [0.2, 0.25) is 0 Å². The van der Waals surface area contributed by atoms with Crippen molar-refractivity contribution in [2.24, 2.45) is 0 Å². The molecule has 0 saturated carbocycles. The van der Waals surface area contributed by atoms with E-state index in [1.807, 2.05) is 18.2 Å². The first-order valence-corrected chi connectivity index (χ1v) is 4.31. The van der Waals surface area contributed by atoms with E-state index in [0.29, 0.717) is 0 Å². The van der Waals surface area contributed by atoms with E-state index in [1.165, 1.54) is 5.69 Å². The van der Waals surface area contributed by atoms with E-state index in [2.05, 4.69) is 18.0 Å². The number of hydrogen-bond acceptors (Lipinski definition) is 2. The third kappa shape index (κ3) is 1.24. The van der Waals surface area contributed by atoms with Gasteiger partial charge in [-0.25, -0.2) is 0 Å². The lowest BCUT2D eigenvalue weighted by Gasteiger charge is -2.17. The van der Waals surface area contributed by atoms with Gasteiger partial charge < -0.3 is 9.64 Å². The molecule has 0 aromatic heterocycles. The minimum Gasteiger partial charge on any atom is -0.491 e. The lowest BCUT2D eigenvalue weighted by molar-refractivity contribution is 0.322. The summed E-state index contributed by atoms with van der Waals surface area (Å²) in [5, 5.41) is 0. The summed E-state index contributed by atoms with van der Waals surface area (Å²) in [4.78, 5) is 2.24. The molecular formula is C10H13NO. The number of para-hydroxylation sites is 2. The second kappa shape index (κ2) is 3.05. The Morgan fingerprint density at radius 2 is 2.17 bits per heavy atom. The molecule has 1 aromatic rings. The van der Waals surface area contributed by atoms with E-state index in [1.54, 1.807) is 0 Å². The van der Waals surface area contributed by atoms with Gasteiger partial charge in [0.05, 0.1) is 12.3 Å². The van der Waals surface area contributed by atoms with Crippen LogP contribution in [0.4, 0.5) is 5.69 Å². The van der Waals surface area contributed by atoms with E-state index in [0.717, 1.165) is 25.3 Å². The second-order valence-corrected chi connectivity index (χ2v) is 3.09. The standard InChI is InChI=1S/C10H13NO/c1-11-7-4-8-12-10-6-3-2-5-9(10)11/h2-3,5-6H,4,7-8H2,1H3. The third-order valence-corrected chi connectivity index (χ3v) is 2.17. The smallest absolute Gasteiger partial charge is 0.142 e. The molecule has 0 fully saturated rings. The molecule has 0 bridgehead atoms. The van der Waals surface area contributed by atoms with Crippen molar-refractivity contribution in [3.8, 4) is 5.75 Å². The second-order valence-electron chi connectivity index (χ2n) is 3.09. The Balaban J connectivity index is 2.39. The Labute approximate surface area is 72.8 Å². The quantitative estimate of drug-likeness (QED) is 0.579. The van der Waals surface area contributed by atoms with Gasteiger partial charge in [-0.15, -0.1) is 0 Å². The molecule has 0 aliphatic carbocycles. The van der Waals surface area contributed by atoms with Crippen LogP contribution < -0.4 is 9.64 Å². The highest BCUT2D eigenvalue weighted by Gasteiger charge is 2.10. The van der Waals surface area contributed by atoms with Gasteiger partial charge in [0.2, 0.25) is 0 Å². The zero-order chi connectivity index (χ0) is 8.39. The Bertz CT molecular complexity index is 272. The third-order valence-electron chi connectivity index (χ3n) is 2.17. The minimum absolute atomic E-state index is 0.835. The molecule has 0 radical (unpaired) electrons. The zero-order valence-electron chi connectivity index (χ0n) is 7.29. The van der Waals surface area contributed by atoms with Crippen LogP contribution in [0.5, 0.6) is 5.75 Å². The van der Waals surface area contributed by atoms with E-state index in [-0.39, 0.29) is 0 Å². The van der Waals surface area contributed by atoms with Crippen molar-refractivity contribution in [2.45, 2.75) is 6.42 Å². The maximum atomic E-state index is 5.58. The monoisotopic (exact) mass is 163 g/mol. The van der Waals surface area contributed by atoms with Crippen molar-refractivity contribution < 1.29 is 4.74 Å². The van der Waals surface area contributed by atoms with Gasteiger partial charge in [-0.2, -0.15) is 0 Å². The molecule has 1 heterocycles. The normalized spacial score (nSPS) is 16.2. The summed E-state index contributed by atoms with van der Waals surface area (Å²) in [6, 6.07) is 8.18. The molecule has 0 N–H and O–H groups in total. The van der Waals surface area contributed by atoms with Gasteiger partial charge in [0.15, 0.2) is 0 Å². The number of anilines is 1. The number of ether oxygens (including phenoxy) is 1. The van der Waals surface area contributed by atoms with E-state index < -0.39 is 0 Å². The topological polar surface area (TPSA) is 12.5 Å². The van der Waals surface area contributed by atoms with Crippen LogP contribution in [-0.2, 0) is 0 Å². The molecule has 0 saturated heterocycles. The number of rotatable bonds is 0. The lowest BCUT2D eigenvalue weighted by atomic mass is 10.3. The molecule has 64 valence electrons. The Morgan fingerprint density at radius 3 is 3.08 bits per heavy atom. The summed E-state index contributed by atoms with van der Waals surface area (Å²) < 4.78 is 5.58. The maximum absolute atomic E-state index is 5.58. The predicted octanol–water partition coefficient (Wildman–Crippen LogP) is 1.91. The molecule has 0 spiro atoms. The van der Waals surface area contributed by atoms with E-state index in [9.17, 15) is 0 Å². The average Bonchev–Trinajstić information content (AvgIpc) is 2.29. The molecule has 1 aliphatic rings. The van der Waals surface area contributed by atoms with Crippen molar-refractivity contribution >= 4 is 5.69 Å². The highest BCUT2D eigenvalue weighted by atomic mass is 16.5. The predicted molar refractivity (Wildman–Crippen MR) is 49.8 cm³/mol. The summed E-state index contributed by atoms with van der Waals surface area (Å²) in [6.07, 6.45) is 1.10. The van der Waals surface area contributed by atoms with Gasteiger partial charge in [0.25, 0.3) is 0 Å². The van der Waals surface area contributed by atoms with Crippen LogP contribution in [0.15, 0.2) is 24.3 Å². The van der Waals surface area contributed by atoms with Crippen LogP contribution in [0, 0.1) is 0 Å². The highest BCUT2D eigenvalue weighted by Crippen LogP contribution is 2.28. The Kier molecular flexibility index (Phi) is 1.90. The fourth-order valence-corrected chi connectivity index (χ4v) is 1.50. The van der Waals surface area contributed by atoms with Gasteiger partial charge in [-0.3, -0.25) is 0 Å². The van der Waals surface area contributed by atoms with Crippen molar-refractivity contribution in [3.05, 3.63) is 24.3 Å². The summed E-state index contributed by atoms with van der Waals surface area (Å²) in [5.41, 5.74) is 1.20. The Hall–Kier alpha value is -1.18. The first-order chi connectivity index (χ1) is 5.88. The molecule has 12 heavy (non-hydrogen) atoms. The van der Waals surface area contributed by atoms with Crippen molar-refractivity contribution in [1.82, 2.24) is 0 Å². The number of fused-ring (bicyclic) bond motifs is 1. The molecule has 1 aliphatic heterocycles. The summed E-state index contributed by atoms with van der Waals surface area (Å²) in [5.74, 6) is 1.01. The van der Waals surface area contributed by atoms with Crippen LogP contribution in [0.25, 0.3) is 0 Å². The van der Waals surface area contributed by atoms with Crippen molar-refractivity contribution in [2.75, 3.05) is 25.1 Å². The minimum atomic E-state index is 0.835. The van der Waals surface area contributed by atoms with Crippen molar-refractivity contribution in [3.63, 3.8) is 0 Å². The maximum Gasteiger partial charge on any atom is 0.142 e. The van der Waals surface area contributed by atoms with E-state index in [4.69, 9.17) is 4.74 Å². The molecule has 2 nitrogen and oxygen atoms in total. The Morgan fingerprint density at radius 1 is 1.33 bits per heavy atom. The average molecular weight is 163 g/mol. The van der Waals surface area contributed by atoms with Gasteiger partial charge >= 0.3 is 0 Å². The fraction of sp³-hybridized carbons (Fsp3) is 0.400. The van der Waals surface area contributed by atoms with E-state index >= 15 is 0 Å². The van der Waals surface area contributed by atoms with Gasteiger partial charge in [0, 0.05) is 13.6 Å². The fourth-order valence-electron chi connectivity index (χ4n) is 1.50. The number of benzene rings is 1. The largest absolute Gasteiger partial charge is 0.491 e. The molecular weight excluding hydrogens is 150 g/mol. The molecule has 0 amide bonds. The number of nitrogens with zero attached hydrogens (tertiary/aromatic N) is 1. The molecule has 2 heteroatoms. The number of hydrogen-bond donors (Lipinski definition) is 0. The summed E-state index contributed by atoms with van der Waals surface area (Å²) in [6.45, 7) is 1.92. The highest BCUT2D eigenvalue weighted by molar-refractivity contribution is 5.58. The molecule has 0 unspecified atom stereocenters. The first-order valence-electron chi connectivity index (χ1n) is 4.31. The van der Waals surface area contributed by atoms with Gasteiger partial charge in [-0.1, -0.05) is 12.1 Å². The SMILES string of the molecule is CN1CCCOc2ccccc21. The van der Waals surface area contributed by atoms with Crippen LogP contribution in [-0.4, -0.2) is 20.2 Å². The molecule has 0 atom stereocenters. The molecule has 1 aromatic carbocycles.